The summed E-state index contributed by atoms with van der Waals surface area (Å²) in [5.41, 5.74) is -0.177. The van der Waals surface area contributed by atoms with Crippen molar-refractivity contribution in [3.63, 3.8) is 0 Å². The fourth-order valence-corrected chi connectivity index (χ4v) is 2.59. The summed E-state index contributed by atoms with van der Waals surface area (Å²) in [5, 5.41) is 0. The van der Waals surface area contributed by atoms with Gasteiger partial charge in [0.25, 0.3) is 16.5 Å². The van der Waals surface area contributed by atoms with Crippen molar-refractivity contribution in [1.29, 1.82) is 0 Å². The molecule has 0 saturated carbocycles. The maximum absolute atomic E-state index is 13.5. The Bertz CT molecular complexity index is 523. The van der Waals surface area contributed by atoms with Crippen molar-refractivity contribution >= 4 is 10.5 Å². The van der Waals surface area contributed by atoms with Gasteiger partial charge in [-0.1, -0.05) is 6.42 Å². The highest BCUT2D eigenvalue weighted by Crippen LogP contribution is 2.24. The lowest BCUT2D eigenvalue weighted by Crippen LogP contribution is -2.38. The molecule has 3 radical (unpaired) electrons. The minimum atomic E-state index is -1.79. The number of hydrogen-bond donors (Lipinski definition) is 0. The topological polar surface area (TPSA) is 27.7 Å². The van der Waals surface area contributed by atoms with Crippen molar-refractivity contribution in [3.05, 3.63) is 34.9 Å². The fourth-order valence-electron chi connectivity index (χ4n) is 2.37. The number of ether oxygens (including phenoxy) is 2. The maximum Gasteiger partial charge on any atom is 0.272 e. The predicted molar refractivity (Wildman–Crippen MR) is 81.3 cm³/mol. The summed E-state index contributed by atoms with van der Waals surface area (Å²) in [7, 11) is 2.95. The first-order chi connectivity index (χ1) is 11.4. The Morgan fingerprint density at radius 2 is 1.54 bits per heavy atom. The van der Waals surface area contributed by atoms with E-state index in [1.807, 2.05) is 0 Å². The molecule has 0 N–H and O–H groups in total. The molecule has 0 aliphatic carbocycles. The van der Waals surface area contributed by atoms with E-state index in [4.69, 9.17) is 13.9 Å². The molecule has 0 heterocycles. The van der Waals surface area contributed by atoms with Gasteiger partial charge < -0.3 is 13.9 Å². The standard InChI is InChI=1S/C16H21F4O3Si/c1-3-21-16(23-24,22-4-2)9-7-5-6-8-11-10-12(17)14(19)15(20)13(11)18/h10H,3-9H2,1-2H3. The Morgan fingerprint density at radius 3 is 2.08 bits per heavy atom. The highest BCUT2D eigenvalue weighted by molar-refractivity contribution is 5.98. The van der Waals surface area contributed by atoms with Crippen molar-refractivity contribution < 1.29 is 31.5 Å². The second-order valence-electron chi connectivity index (χ2n) is 5.17. The second kappa shape index (κ2) is 10.1. The van der Waals surface area contributed by atoms with E-state index in [-0.39, 0.29) is 12.0 Å². The van der Waals surface area contributed by atoms with Crippen molar-refractivity contribution in [1.82, 2.24) is 0 Å². The molecule has 0 bridgehead atoms. The third-order valence-electron chi connectivity index (χ3n) is 3.49. The van der Waals surface area contributed by atoms with E-state index in [9.17, 15) is 17.6 Å². The largest absolute Gasteiger partial charge is 0.371 e. The molecule has 1 rings (SSSR count). The average molecular weight is 365 g/mol. The highest BCUT2D eigenvalue weighted by atomic mass is 28.2. The first kappa shape index (κ1) is 21.1. The van der Waals surface area contributed by atoms with Gasteiger partial charge in [-0.25, -0.2) is 17.6 Å². The van der Waals surface area contributed by atoms with E-state index in [1.54, 1.807) is 13.8 Å². The van der Waals surface area contributed by atoms with E-state index in [1.165, 1.54) is 0 Å². The number of rotatable bonds is 11. The van der Waals surface area contributed by atoms with E-state index in [0.717, 1.165) is 0 Å². The van der Waals surface area contributed by atoms with Crippen LogP contribution < -0.4 is 0 Å². The monoisotopic (exact) mass is 365 g/mol. The smallest absolute Gasteiger partial charge is 0.272 e. The quantitative estimate of drug-likeness (QED) is 0.147. The molecule has 0 amide bonds. The molecule has 1 aromatic rings. The molecule has 0 saturated heterocycles. The van der Waals surface area contributed by atoms with Gasteiger partial charge in [0.05, 0.1) is 0 Å². The van der Waals surface area contributed by atoms with Gasteiger partial charge in [0, 0.05) is 19.6 Å². The van der Waals surface area contributed by atoms with Gasteiger partial charge >= 0.3 is 0 Å². The lowest BCUT2D eigenvalue weighted by atomic mass is 10.0. The zero-order valence-electron chi connectivity index (χ0n) is 13.8. The Hall–Kier alpha value is -0.963. The van der Waals surface area contributed by atoms with Crippen LogP contribution in [-0.4, -0.2) is 29.7 Å². The minimum absolute atomic E-state index is 0.102. The summed E-state index contributed by atoms with van der Waals surface area (Å²) in [6, 6.07) is 0.694. The molecule has 24 heavy (non-hydrogen) atoms. The van der Waals surface area contributed by atoms with Gasteiger partial charge in [0.1, 0.15) is 0 Å². The van der Waals surface area contributed by atoms with E-state index in [2.05, 4.69) is 10.5 Å². The van der Waals surface area contributed by atoms with Crippen molar-refractivity contribution in [3.8, 4) is 0 Å². The van der Waals surface area contributed by atoms with Crippen LogP contribution in [0, 0.1) is 23.3 Å². The third kappa shape index (κ3) is 5.54. The molecule has 0 aromatic heterocycles. The second-order valence-corrected chi connectivity index (χ2v) is 5.38. The minimum Gasteiger partial charge on any atom is -0.371 e. The number of aryl methyl sites for hydroxylation is 1. The summed E-state index contributed by atoms with van der Waals surface area (Å²) >= 11 is 0. The highest BCUT2D eigenvalue weighted by Gasteiger charge is 2.30. The van der Waals surface area contributed by atoms with Crippen molar-refractivity contribution in [2.45, 2.75) is 51.9 Å². The lowest BCUT2D eigenvalue weighted by Gasteiger charge is -2.31. The fraction of sp³-hybridized carbons (Fsp3) is 0.625. The molecule has 0 fully saturated rings. The molecule has 3 nitrogen and oxygen atoms in total. The van der Waals surface area contributed by atoms with Gasteiger partial charge in [-0.2, -0.15) is 0 Å². The zero-order valence-corrected chi connectivity index (χ0v) is 14.8. The summed E-state index contributed by atoms with van der Waals surface area (Å²) in [6.07, 6.45) is 2.24. The molecule has 0 atom stereocenters. The van der Waals surface area contributed by atoms with Crippen LogP contribution in [0.5, 0.6) is 0 Å². The van der Waals surface area contributed by atoms with Crippen LogP contribution in [0.15, 0.2) is 6.07 Å². The first-order valence-electron chi connectivity index (χ1n) is 7.85. The van der Waals surface area contributed by atoms with Crippen molar-refractivity contribution in [2.24, 2.45) is 0 Å². The molecular weight excluding hydrogens is 344 g/mol. The maximum atomic E-state index is 13.5. The zero-order chi connectivity index (χ0) is 18.2. The molecule has 0 aliphatic heterocycles. The van der Waals surface area contributed by atoms with Crippen molar-refractivity contribution in [2.75, 3.05) is 13.2 Å². The molecule has 0 unspecified atom stereocenters. The Morgan fingerprint density at radius 1 is 0.917 bits per heavy atom. The predicted octanol–water partition coefficient (Wildman–Crippen LogP) is 4.17. The van der Waals surface area contributed by atoms with Gasteiger partial charge in [0.2, 0.25) is 0 Å². The van der Waals surface area contributed by atoms with Crippen LogP contribution in [0.2, 0.25) is 0 Å². The lowest BCUT2D eigenvalue weighted by molar-refractivity contribution is -0.344. The van der Waals surface area contributed by atoms with E-state index >= 15 is 0 Å². The Kier molecular flexibility index (Phi) is 8.89. The van der Waals surface area contributed by atoms with E-state index < -0.39 is 29.2 Å². The summed E-state index contributed by atoms with van der Waals surface area (Å²) in [4.78, 5) is 0. The normalized spacial score (nSPS) is 12.0. The number of unbranched alkanes of at least 4 members (excludes halogenated alkanes) is 2. The molecule has 1 aromatic carbocycles. The van der Waals surface area contributed by atoms with Gasteiger partial charge in [-0.05, 0) is 44.7 Å². The third-order valence-corrected chi connectivity index (χ3v) is 3.80. The molecule has 0 spiro atoms. The van der Waals surface area contributed by atoms with Crippen LogP contribution in [0.4, 0.5) is 17.6 Å². The first-order valence-corrected chi connectivity index (χ1v) is 8.26. The molecular formula is C16H21F4O3Si. The van der Waals surface area contributed by atoms with Crippen LogP contribution in [0.1, 0.15) is 45.1 Å². The Labute approximate surface area is 142 Å². The molecule has 135 valence electrons. The molecule has 0 aliphatic rings. The summed E-state index contributed by atoms with van der Waals surface area (Å²) in [5.74, 6) is -7.48. The average Bonchev–Trinajstić information content (AvgIpc) is 2.57. The van der Waals surface area contributed by atoms with Crippen LogP contribution in [0.25, 0.3) is 0 Å². The van der Waals surface area contributed by atoms with Gasteiger partial charge in [-0.3, -0.25) is 0 Å². The van der Waals surface area contributed by atoms with Crippen LogP contribution in [0.3, 0.4) is 0 Å². The number of halogens is 4. The SMILES string of the molecule is CCOC(CCCCCc1cc(F)c(F)c(F)c1F)(O[Si])OCC. The van der Waals surface area contributed by atoms with Crippen LogP contribution in [-0.2, 0) is 20.3 Å². The Balaban J connectivity index is 2.51. The summed E-state index contributed by atoms with van der Waals surface area (Å²) in [6.45, 7) is 4.40. The molecule has 8 heteroatoms. The number of benzene rings is 1. The number of hydrogen-bond acceptors (Lipinski definition) is 3. The van der Waals surface area contributed by atoms with Gasteiger partial charge in [-0.15, -0.1) is 0 Å². The van der Waals surface area contributed by atoms with E-state index in [0.29, 0.717) is 45.0 Å². The van der Waals surface area contributed by atoms with Gasteiger partial charge in [0.15, 0.2) is 23.3 Å². The van der Waals surface area contributed by atoms with Crippen LogP contribution >= 0.6 is 0 Å². The summed E-state index contributed by atoms with van der Waals surface area (Å²) < 4.78 is 68.7.